The summed E-state index contributed by atoms with van der Waals surface area (Å²) in [5.74, 6) is 1.94. The maximum atomic E-state index is 5.90. The summed E-state index contributed by atoms with van der Waals surface area (Å²) < 4.78 is 7.10. The lowest BCUT2D eigenvalue weighted by Gasteiger charge is -1.99. The molecule has 3 aromatic rings. The van der Waals surface area contributed by atoms with E-state index < -0.39 is 0 Å². The molecule has 1 aliphatic carbocycles. The van der Waals surface area contributed by atoms with Gasteiger partial charge in [0.15, 0.2) is 0 Å². The highest BCUT2D eigenvalue weighted by molar-refractivity contribution is 7.16. The molecular weight excluding hydrogens is 256 g/mol. The summed E-state index contributed by atoms with van der Waals surface area (Å²) in [4.78, 5) is 4.29. The Morgan fingerprint density at radius 2 is 2.21 bits per heavy atom. The highest BCUT2D eigenvalue weighted by atomic mass is 32.1. The van der Waals surface area contributed by atoms with Crippen molar-refractivity contribution < 1.29 is 4.42 Å². The van der Waals surface area contributed by atoms with E-state index in [1.165, 1.54) is 17.5 Å². The van der Waals surface area contributed by atoms with Crippen molar-refractivity contribution in [2.45, 2.75) is 25.4 Å². The third-order valence-corrected chi connectivity index (χ3v) is 4.21. The molecule has 0 aliphatic heterocycles. The van der Waals surface area contributed by atoms with Gasteiger partial charge in [0.2, 0.25) is 0 Å². The number of aromatic nitrogens is 1. The van der Waals surface area contributed by atoms with Crippen molar-refractivity contribution in [2.75, 3.05) is 0 Å². The van der Waals surface area contributed by atoms with Crippen LogP contribution in [0, 0.1) is 0 Å². The quantitative estimate of drug-likeness (QED) is 0.783. The summed E-state index contributed by atoms with van der Waals surface area (Å²) in [7, 11) is 0. The molecule has 19 heavy (non-hydrogen) atoms. The summed E-state index contributed by atoms with van der Waals surface area (Å²) in [6.07, 6.45) is 2.60. The fourth-order valence-electron chi connectivity index (χ4n) is 2.17. The molecular formula is C15H14N2OS. The van der Waals surface area contributed by atoms with E-state index in [0.717, 1.165) is 29.1 Å². The topological polar surface area (TPSA) is 38.1 Å². The molecule has 0 saturated heterocycles. The number of fused-ring (bicyclic) bond motifs is 1. The summed E-state index contributed by atoms with van der Waals surface area (Å²) in [5.41, 5.74) is 4.05. The van der Waals surface area contributed by atoms with Gasteiger partial charge in [-0.2, -0.15) is 0 Å². The number of rotatable bonds is 4. The lowest BCUT2D eigenvalue weighted by molar-refractivity contribution is 0.492. The second-order valence-corrected chi connectivity index (χ2v) is 5.84. The predicted octanol–water partition coefficient (Wildman–Crippen LogP) is 3.81. The van der Waals surface area contributed by atoms with Crippen LogP contribution in [-0.2, 0) is 6.54 Å². The average molecular weight is 270 g/mol. The summed E-state index contributed by atoms with van der Waals surface area (Å²) >= 11 is 1.66. The summed E-state index contributed by atoms with van der Waals surface area (Å²) in [6.45, 7) is 0.827. The Hall–Kier alpha value is -1.65. The van der Waals surface area contributed by atoms with E-state index in [1.54, 1.807) is 11.3 Å². The number of furan rings is 1. The van der Waals surface area contributed by atoms with Crippen LogP contribution in [0.1, 0.15) is 18.6 Å². The summed E-state index contributed by atoms with van der Waals surface area (Å²) in [5, 5.41) is 3.46. The molecule has 1 N–H and O–H groups in total. The monoisotopic (exact) mass is 270 g/mol. The maximum absolute atomic E-state index is 5.90. The van der Waals surface area contributed by atoms with Gasteiger partial charge < -0.3 is 9.73 Å². The number of nitrogens with zero attached hydrogens (tertiary/aromatic N) is 1. The molecule has 0 bridgehead atoms. The molecule has 0 atom stereocenters. The first kappa shape index (κ1) is 11.2. The van der Waals surface area contributed by atoms with Gasteiger partial charge in [0, 0.05) is 11.6 Å². The minimum absolute atomic E-state index is 0.710. The number of hydrogen-bond acceptors (Lipinski definition) is 4. The fraction of sp³-hybridized carbons (Fsp3) is 0.267. The van der Waals surface area contributed by atoms with E-state index in [2.05, 4.69) is 28.5 Å². The molecule has 4 heteroatoms. The maximum Gasteiger partial charge on any atom is 0.134 e. The first-order chi connectivity index (χ1) is 9.38. The Morgan fingerprint density at radius 3 is 3.11 bits per heavy atom. The zero-order valence-electron chi connectivity index (χ0n) is 10.4. The van der Waals surface area contributed by atoms with Gasteiger partial charge in [-0.25, -0.2) is 4.98 Å². The second-order valence-electron chi connectivity index (χ2n) is 4.96. The third-order valence-electron chi connectivity index (χ3n) is 3.42. The smallest absolute Gasteiger partial charge is 0.134 e. The van der Waals surface area contributed by atoms with E-state index in [9.17, 15) is 0 Å². The molecule has 2 heterocycles. The van der Waals surface area contributed by atoms with Crippen LogP contribution < -0.4 is 5.32 Å². The van der Waals surface area contributed by atoms with Crippen molar-refractivity contribution in [3.8, 4) is 11.3 Å². The van der Waals surface area contributed by atoms with Gasteiger partial charge in [0.05, 0.1) is 22.3 Å². The number of nitrogens with one attached hydrogen (secondary N) is 1. The first-order valence-electron chi connectivity index (χ1n) is 6.54. The second kappa shape index (κ2) is 4.47. The lowest BCUT2D eigenvalue weighted by Crippen LogP contribution is -2.14. The van der Waals surface area contributed by atoms with Crippen molar-refractivity contribution in [1.29, 1.82) is 0 Å². The Kier molecular flexibility index (Phi) is 2.64. The highest BCUT2D eigenvalue weighted by Crippen LogP contribution is 2.28. The molecule has 4 rings (SSSR count). The van der Waals surface area contributed by atoms with Crippen molar-refractivity contribution in [3.05, 3.63) is 41.6 Å². The van der Waals surface area contributed by atoms with E-state index >= 15 is 0 Å². The van der Waals surface area contributed by atoms with E-state index in [1.807, 2.05) is 17.6 Å². The Morgan fingerprint density at radius 1 is 1.26 bits per heavy atom. The molecule has 1 saturated carbocycles. The molecule has 1 fully saturated rings. The number of hydrogen-bond donors (Lipinski definition) is 1. The van der Waals surface area contributed by atoms with Crippen molar-refractivity contribution >= 4 is 21.6 Å². The van der Waals surface area contributed by atoms with Crippen molar-refractivity contribution in [2.24, 2.45) is 0 Å². The first-order valence-corrected chi connectivity index (χ1v) is 7.42. The largest absolute Gasteiger partial charge is 0.460 e. The molecule has 0 radical (unpaired) electrons. The Balaban J connectivity index is 1.59. The minimum Gasteiger partial charge on any atom is -0.460 e. The van der Waals surface area contributed by atoms with Gasteiger partial charge >= 0.3 is 0 Å². The Bertz CT molecular complexity index is 712. The van der Waals surface area contributed by atoms with Crippen LogP contribution in [0.3, 0.4) is 0 Å². The average Bonchev–Trinajstić information content (AvgIpc) is 2.96. The molecule has 96 valence electrons. The highest BCUT2D eigenvalue weighted by Gasteiger charge is 2.20. The van der Waals surface area contributed by atoms with Crippen molar-refractivity contribution in [1.82, 2.24) is 10.3 Å². The van der Waals surface area contributed by atoms with Gasteiger partial charge in [-0.3, -0.25) is 0 Å². The zero-order chi connectivity index (χ0) is 12.7. The number of thiazole rings is 1. The molecule has 0 spiro atoms. The van der Waals surface area contributed by atoms with Gasteiger partial charge in [0.25, 0.3) is 0 Å². The Labute approximate surface area is 115 Å². The van der Waals surface area contributed by atoms with E-state index in [-0.39, 0.29) is 0 Å². The van der Waals surface area contributed by atoms with Gasteiger partial charge in [-0.1, -0.05) is 0 Å². The zero-order valence-corrected chi connectivity index (χ0v) is 11.2. The van der Waals surface area contributed by atoms with Crippen LogP contribution in [0.4, 0.5) is 0 Å². The minimum atomic E-state index is 0.710. The van der Waals surface area contributed by atoms with Crippen LogP contribution in [0.5, 0.6) is 0 Å². The summed E-state index contributed by atoms with van der Waals surface area (Å²) in [6, 6.07) is 11.1. The molecule has 1 aromatic carbocycles. The molecule has 0 amide bonds. The van der Waals surface area contributed by atoms with Crippen LogP contribution in [0.2, 0.25) is 0 Å². The van der Waals surface area contributed by atoms with Crippen LogP contribution in [0.15, 0.2) is 40.3 Å². The standard InChI is InChI=1S/C15H14N2OS/c1-5-13-15(19-9-17-13)7-10(1)14-6-4-12(18-14)8-16-11-2-3-11/h1,4-7,9,11,16H,2-3,8H2. The lowest BCUT2D eigenvalue weighted by atomic mass is 10.2. The predicted molar refractivity (Wildman–Crippen MR) is 77.2 cm³/mol. The molecule has 3 nitrogen and oxygen atoms in total. The van der Waals surface area contributed by atoms with Crippen molar-refractivity contribution in [3.63, 3.8) is 0 Å². The normalized spacial score (nSPS) is 15.2. The number of benzene rings is 1. The fourth-order valence-corrected chi connectivity index (χ4v) is 2.89. The van der Waals surface area contributed by atoms with Crippen LogP contribution in [0.25, 0.3) is 21.5 Å². The van der Waals surface area contributed by atoms with Crippen LogP contribution >= 0.6 is 11.3 Å². The molecule has 2 aromatic heterocycles. The van der Waals surface area contributed by atoms with E-state index in [4.69, 9.17) is 4.42 Å². The van der Waals surface area contributed by atoms with E-state index in [0.29, 0.717) is 6.04 Å². The SMILES string of the molecule is c1nc2ccc(-c3ccc(CNC4CC4)o3)cc2s1. The van der Waals surface area contributed by atoms with Gasteiger partial charge in [0.1, 0.15) is 11.5 Å². The van der Waals surface area contributed by atoms with Gasteiger partial charge in [-0.05, 0) is 43.2 Å². The molecule has 0 unspecified atom stereocenters. The molecule has 1 aliphatic rings. The van der Waals surface area contributed by atoms with Gasteiger partial charge in [-0.15, -0.1) is 11.3 Å². The third kappa shape index (κ3) is 2.29. The van der Waals surface area contributed by atoms with Crippen LogP contribution in [-0.4, -0.2) is 11.0 Å².